The molecule has 0 atom stereocenters. The molecule has 0 aromatic rings. The van der Waals surface area contributed by atoms with Crippen molar-refractivity contribution in [1.29, 1.82) is 0 Å². The minimum atomic E-state index is -0.663. The number of carboxylic acid groups (broad SMARTS) is 5. The average molecular weight is 1300 g/mol. The van der Waals surface area contributed by atoms with Crippen molar-refractivity contribution in [3.8, 4) is 0 Å². The first-order valence-corrected chi connectivity index (χ1v) is 40.4. The summed E-state index contributed by atoms with van der Waals surface area (Å²) < 4.78 is 0. The molecule has 546 valence electrons. The van der Waals surface area contributed by atoms with Crippen LogP contribution in [0.5, 0.6) is 0 Å². The highest BCUT2D eigenvalue weighted by Gasteiger charge is 2.02. The third-order valence-corrected chi connectivity index (χ3v) is 17.7. The van der Waals surface area contributed by atoms with Gasteiger partial charge in [0.15, 0.2) is 0 Å². The second kappa shape index (κ2) is 93.8. The van der Waals surface area contributed by atoms with Crippen LogP contribution in [0, 0.1) is 0 Å². The molecule has 91 heavy (non-hydrogen) atoms. The van der Waals surface area contributed by atoms with E-state index in [4.69, 9.17) is 25.5 Å². The fourth-order valence-corrected chi connectivity index (χ4v) is 11.6. The Kier molecular flexibility index (Phi) is 100.0. The van der Waals surface area contributed by atoms with Crippen molar-refractivity contribution in [2.45, 2.75) is 490 Å². The van der Waals surface area contributed by atoms with E-state index in [-0.39, 0.29) is 0 Å². The molecule has 0 aromatic heterocycles. The molecule has 0 aliphatic carbocycles. The van der Waals surface area contributed by atoms with Crippen LogP contribution in [0.4, 0.5) is 0 Å². The first-order chi connectivity index (χ1) is 44.4. The second-order valence-corrected chi connectivity index (χ2v) is 27.3. The lowest BCUT2D eigenvalue weighted by Crippen LogP contribution is -1.93. The molecule has 0 radical (unpaired) electrons. The Labute approximate surface area is 567 Å². The van der Waals surface area contributed by atoms with Crippen molar-refractivity contribution >= 4 is 29.8 Å². The Morgan fingerprint density at radius 3 is 0.264 bits per heavy atom. The Bertz CT molecular complexity index is 1340. The lowest BCUT2D eigenvalue weighted by atomic mass is 10.0. The molecule has 0 heterocycles. The van der Waals surface area contributed by atoms with Gasteiger partial charge in [-0.1, -0.05) is 426 Å². The summed E-state index contributed by atoms with van der Waals surface area (Å²) >= 11 is 0. The topological polar surface area (TPSA) is 186 Å². The third-order valence-electron chi connectivity index (χ3n) is 17.7. The van der Waals surface area contributed by atoms with Gasteiger partial charge in [-0.05, 0) is 32.1 Å². The average Bonchev–Trinajstić information content (AvgIpc) is 3.52. The molecule has 0 bridgehead atoms. The molecule has 0 amide bonds. The number of rotatable bonds is 71. The van der Waals surface area contributed by atoms with E-state index in [1.165, 1.54) is 360 Å². The van der Waals surface area contributed by atoms with Gasteiger partial charge in [0.05, 0.1) is 0 Å². The van der Waals surface area contributed by atoms with Crippen molar-refractivity contribution < 1.29 is 49.5 Å². The van der Waals surface area contributed by atoms with Gasteiger partial charge in [0, 0.05) is 32.1 Å². The number of carbonyl (C=O) groups is 5. The van der Waals surface area contributed by atoms with E-state index >= 15 is 0 Å². The highest BCUT2D eigenvalue weighted by Crippen LogP contribution is 2.19. The van der Waals surface area contributed by atoms with Crippen LogP contribution in [-0.2, 0) is 24.0 Å². The van der Waals surface area contributed by atoms with Gasteiger partial charge in [-0.25, -0.2) is 0 Å². The zero-order chi connectivity index (χ0) is 68.1. The first-order valence-electron chi connectivity index (χ1n) is 40.4. The Morgan fingerprint density at radius 1 is 0.132 bits per heavy atom. The van der Waals surface area contributed by atoms with E-state index in [2.05, 4.69) is 34.6 Å². The molecule has 10 heteroatoms. The van der Waals surface area contributed by atoms with Crippen LogP contribution in [0.3, 0.4) is 0 Å². The Morgan fingerprint density at radius 2 is 0.198 bits per heavy atom. The van der Waals surface area contributed by atoms with Gasteiger partial charge in [0.1, 0.15) is 0 Å². The summed E-state index contributed by atoms with van der Waals surface area (Å²) in [4.78, 5) is 51.3. The molecule has 0 saturated heterocycles. The molecular formula is C81H162O10. The fourth-order valence-electron chi connectivity index (χ4n) is 11.6. The minimum absolute atomic E-state index is 0.341. The summed E-state index contributed by atoms with van der Waals surface area (Å²) in [5.74, 6) is -3.29. The van der Waals surface area contributed by atoms with Crippen LogP contribution < -0.4 is 0 Å². The summed E-state index contributed by atoms with van der Waals surface area (Å²) in [6.07, 6.45) is 88.3. The third kappa shape index (κ3) is 118. The zero-order valence-electron chi connectivity index (χ0n) is 62.0. The number of carboxylic acids is 5. The molecule has 0 unspecified atom stereocenters. The molecule has 0 spiro atoms. The van der Waals surface area contributed by atoms with E-state index in [1.807, 2.05) is 0 Å². The smallest absolute Gasteiger partial charge is 0.303 e. The molecule has 0 rings (SSSR count). The summed E-state index contributed by atoms with van der Waals surface area (Å²) in [5, 5.41) is 42.3. The van der Waals surface area contributed by atoms with E-state index in [0.29, 0.717) is 32.1 Å². The highest BCUT2D eigenvalue weighted by molar-refractivity contribution is 5.67. The summed E-state index contributed by atoms with van der Waals surface area (Å²) in [6.45, 7) is 11.2. The molecule has 10 nitrogen and oxygen atoms in total. The van der Waals surface area contributed by atoms with Crippen LogP contribution >= 0.6 is 0 Å². The molecule has 0 fully saturated rings. The van der Waals surface area contributed by atoms with Crippen LogP contribution in [-0.4, -0.2) is 55.4 Å². The quantitative estimate of drug-likeness (QED) is 0.0367. The van der Waals surface area contributed by atoms with Gasteiger partial charge in [0.2, 0.25) is 0 Å². The van der Waals surface area contributed by atoms with Crippen molar-refractivity contribution in [1.82, 2.24) is 0 Å². The SMILES string of the molecule is CCCCCCCCCC(=O)O.CCCCCCCCCCC(=O)O.CCCCCCCCCCC(=O)O.CCCCCCCCCCCCCCCCCCCCCCCC(=O)O.CCCCCCCCCCCCCCCCCCCCCCCCC(=O)O. The number of aliphatic carboxylic acids is 5. The number of hydrogen-bond donors (Lipinski definition) is 5. The maximum absolute atomic E-state index is 10.4. The van der Waals surface area contributed by atoms with E-state index < -0.39 is 29.8 Å². The van der Waals surface area contributed by atoms with Gasteiger partial charge in [-0.2, -0.15) is 0 Å². The zero-order valence-corrected chi connectivity index (χ0v) is 62.0. The lowest BCUT2D eigenvalue weighted by Gasteiger charge is -2.04. The maximum atomic E-state index is 10.4. The van der Waals surface area contributed by atoms with Crippen LogP contribution in [0.15, 0.2) is 0 Å². The van der Waals surface area contributed by atoms with Crippen molar-refractivity contribution in [3.63, 3.8) is 0 Å². The highest BCUT2D eigenvalue weighted by atomic mass is 16.4. The van der Waals surface area contributed by atoms with Crippen LogP contribution in [0.25, 0.3) is 0 Å². The van der Waals surface area contributed by atoms with Crippen molar-refractivity contribution in [2.24, 2.45) is 0 Å². The summed E-state index contributed by atoms with van der Waals surface area (Å²) in [7, 11) is 0. The monoisotopic (exact) mass is 1300 g/mol. The van der Waals surface area contributed by atoms with E-state index in [0.717, 1.165) is 64.2 Å². The predicted molar refractivity (Wildman–Crippen MR) is 394 cm³/mol. The van der Waals surface area contributed by atoms with Crippen molar-refractivity contribution in [3.05, 3.63) is 0 Å². The van der Waals surface area contributed by atoms with Gasteiger partial charge >= 0.3 is 29.8 Å². The summed E-state index contributed by atoms with van der Waals surface area (Å²) in [6, 6.07) is 0. The lowest BCUT2D eigenvalue weighted by molar-refractivity contribution is -0.138. The molecule has 0 aliphatic heterocycles. The molecule has 5 N–H and O–H groups in total. The fraction of sp³-hybridized carbons (Fsp3) is 0.938. The van der Waals surface area contributed by atoms with Crippen molar-refractivity contribution in [2.75, 3.05) is 0 Å². The normalized spacial score (nSPS) is 10.7. The Balaban J connectivity index is -0.000000355. The van der Waals surface area contributed by atoms with E-state index in [9.17, 15) is 24.0 Å². The maximum Gasteiger partial charge on any atom is 0.303 e. The van der Waals surface area contributed by atoms with Gasteiger partial charge in [0.25, 0.3) is 0 Å². The van der Waals surface area contributed by atoms with E-state index in [1.54, 1.807) is 0 Å². The Hall–Kier alpha value is -2.65. The molecule has 0 saturated carbocycles. The number of unbranched alkanes of at least 4 members (excludes halogenated alkanes) is 61. The summed E-state index contributed by atoms with van der Waals surface area (Å²) in [5.41, 5.74) is 0. The largest absolute Gasteiger partial charge is 0.481 e. The molecule has 0 aliphatic rings. The minimum Gasteiger partial charge on any atom is -0.481 e. The van der Waals surface area contributed by atoms with Gasteiger partial charge in [-0.15, -0.1) is 0 Å². The molecule has 0 aromatic carbocycles. The molecular weight excluding hydrogens is 1130 g/mol. The van der Waals surface area contributed by atoms with Gasteiger partial charge in [-0.3, -0.25) is 24.0 Å². The standard InChI is InChI=1S/C25H50O2.C24H48O2.2C11H22O2.C10H20O2/c1-2-3-4-5-6-7-8-9-10-11-12-13-14-15-16-17-18-19-20-21-22-23-24-25(26)27;1-2-3-4-5-6-7-8-9-10-11-12-13-14-15-16-17-18-19-20-21-22-23-24(25)26;2*1-2-3-4-5-6-7-8-9-10-11(12)13;1-2-3-4-5-6-7-8-9-10(11)12/h2-24H2,1H3,(H,26,27);2-23H2,1H3,(H,25,26);2*2-10H2,1H3,(H,12,13);2-9H2,1H3,(H,11,12). The van der Waals surface area contributed by atoms with Crippen LogP contribution in [0.1, 0.15) is 490 Å². The van der Waals surface area contributed by atoms with Crippen LogP contribution in [0.2, 0.25) is 0 Å². The van der Waals surface area contributed by atoms with Gasteiger partial charge < -0.3 is 25.5 Å². The first kappa shape index (κ1) is 97.0. The second-order valence-electron chi connectivity index (χ2n) is 27.3. The predicted octanol–water partition coefficient (Wildman–Crippen LogP) is 28.2. The number of hydrogen-bond acceptors (Lipinski definition) is 5.